The lowest BCUT2D eigenvalue weighted by Gasteiger charge is -2.11. The molecular weight excluding hydrogens is 313 g/mol. The van der Waals surface area contributed by atoms with Crippen LogP contribution < -0.4 is 5.32 Å². The number of nitrogens with one attached hydrogen (secondary N) is 1. The molecule has 0 aliphatic heterocycles. The zero-order valence-electron chi connectivity index (χ0n) is 12.7. The van der Waals surface area contributed by atoms with E-state index in [4.69, 9.17) is 0 Å². The Hall–Kier alpha value is -2.27. The molecule has 0 aromatic heterocycles. The van der Waals surface area contributed by atoms with E-state index in [1.54, 1.807) is 25.1 Å². The third kappa shape index (κ3) is 5.14. The first-order chi connectivity index (χ1) is 11.1. The molecular formula is C18H18FNO2S. The number of hydrogen-bond acceptors (Lipinski definition) is 2. The van der Waals surface area contributed by atoms with Gasteiger partial charge in [-0.1, -0.05) is 54.6 Å². The lowest BCUT2D eigenvalue weighted by Crippen LogP contribution is -2.30. The van der Waals surface area contributed by atoms with Crippen molar-refractivity contribution in [3.8, 4) is 0 Å². The van der Waals surface area contributed by atoms with Crippen LogP contribution in [0.2, 0.25) is 0 Å². The number of carbonyl (C=O) groups excluding carboxylic acids is 1. The molecule has 0 spiro atoms. The highest BCUT2D eigenvalue weighted by molar-refractivity contribution is 7.86. The quantitative estimate of drug-likeness (QED) is 0.879. The minimum Gasteiger partial charge on any atom is -0.323 e. The third-order valence-corrected chi connectivity index (χ3v) is 4.79. The Morgan fingerprint density at radius 1 is 1.17 bits per heavy atom. The van der Waals surface area contributed by atoms with Crippen molar-refractivity contribution in [3.05, 3.63) is 72.1 Å². The topological polar surface area (TPSA) is 46.2 Å². The average molecular weight is 331 g/mol. The average Bonchev–Trinajstić information content (AvgIpc) is 2.57. The van der Waals surface area contributed by atoms with Gasteiger partial charge in [0.25, 0.3) is 0 Å². The van der Waals surface area contributed by atoms with Crippen molar-refractivity contribution in [2.75, 3.05) is 11.1 Å². The number of hydrogen-bond donors (Lipinski definition) is 1. The van der Waals surface area contributed by atoms with Crippen molar-refractivity contribution in [1.82, 2.24) is 0 Å². The van der Waals surface area contributed by atoms with E-state index in [0.29, 0.717) is 0 Å². The molecule has 2 rings (SSSR count). The monoisotopic (exact) mass is 331 g/mol. The fourth-order valence-corrected chi connectivity index (χ4v) is 2.78. The molecule has 23 heavy (non-hydrogen) atoms. The van der Waals surface area contributed by atoms with E-state index in [1.807, 2.05) is 36.4 Å². The van der Waals surface area contributed by atoms with Gasteiger partial charge in [-0.15, -0.1) is 0 Å². The first kappa shape index (κ1) is 17.1. The van der Waals surface area contributed by atoms with Crippen molar-refractivity contribution in [1.29, 1.82) is 0 Å². The van der Waals surface area contributed by atoms with E-state index in [2.05, 4.69) is 5.32 Å². The predicted molar refractivity (Wildman–Crippen MR) is 93.0 cm³/mol. The number of anilines is 1. The number of amides is 1. The molecule has 0 saturated heterocycles. The summed E-state index contributed by atoms with van der Waals surface area (Å²) >= 11 is 0. The Kier molecular flexibility index (Phi) is 6.23. The number of halogens is 1. The van der Waals surface area contributed by atoms with Crippen molar-refractivity contribution >= 4 is 28.5 Å². The zero-order chi connectivity index (χ0) is 16.7. The van der Waals surface area contributed by atoms with Gasteiger partial charge in [0.1, 0.15) is 11.1 Å². The third-order valence-electron chi connectivity index (χ3n) is 3.27. The van der Waals surface area contributed by atoms with E-state index in [-0.39, 0.29) is 11.4 Å². The Bertz CT molecular complexity index is 716. The van der Waals surface area contributed by atoms with Gasteiger partial charge >= 0.3 is 0 Å². The van der Waals surface area contributed by atoms with E-state index < -0.39 is 27.8 Å². The second-order valence-corrected chi connectivity index (χ2v) is 6.77. The molecule has 2 atom stereocenters. The number of benzene rings is 2. The lowest BCUT2D eigenvalue weighted by molar-refractivity contribution is -0.115. The second kappa shape index (κ2) is 8.39. The molecule has 0 heterocycles. The van der Waals surface area contributed by atoms with E-state index in [0.717, 1.165) is 5.56 Å². The Morgan fingerprint density at radius 3 is 2.52 bits per heavy atom. The van der Waals surface area contributed by atoms with Crippen LogP contribution in [0.5, 0.6) is 0 Å². The summed E-state index contributed by atoms with van der Waals surface area (Å²) in [5.74, 6) is -0.704. The molecule has 3 nitrogen and oxygen atoms in total. The minimum atomic E-state index is -1.37. The van der Waals surface area contributed by atoms with Crippen LogP contribution in [0.4, 0.5) is 10.1 Å². The van der Waals surface area contributed by atoms with Gasteiger partial charge in [-0.05, 0) is 24.6 Å². The SMILES string of the molecule is C[C@H](C(=O)Nc1ccccc1F)[S@](=O)C/C=C\c1ccccc1. The molecule has 0 bridgehead atoms. The standard InChI is InChI=1S/C18H18FNO2S/c1-14(18(21)20-17-12-6-5-11-16(17)19)23(22)13-7-10-15-8-3-2-4-9-15/h2-12,14H,13H2,1H3,(H,20,21)/b10-7-/t14-,23-/m1/s1. The molecule has 1 amide bonds. The molecule has 0 radical (unpaired) electrons. The fourth-order valence-electron chi connectivity index (χ4n) is 1.90. The van der Waals surface area contributed by atoms with Gasteiger partial charge < -0.3 is 5.32 Å². The Morgan fingerprint density at radius 2 is 1.83 bits per heavy atom. The summed E-state index contributed by atoms with van der Waals surface area (Å²) in [6.07, 6.45) is 3.64. The predicted octanol–water partition coefficient (Wildman–Crippen LogP) is 3.61. The lowest BCUT2D eigenvalue weighted by atomic mass is 10.2. The van der Waals surface area contributed by atoms with Gasteiger partial charge in [-0.3, -0.25) is 9.00 Å². The highest BCUT2D eigenvalue weighted by Gasteiger charge is 2.19. The second-order valence-electron chi connectivity index (χ2n) is 4.97. The maximum atomic E-state index is 13.5. The Balaban J connectivity index is 1.90. The highest BCUT2D eigenvalue weighted by Crippen LogP contribution is 2.13. The highest BCUT2D eigenvalue weighted by atomic mass is 32.2. The molecule has 0 aliphatic rings. The zero-order valence-corrected chi connectivity index (χ0v) is 13.6. The van der Waals surface area contributed by atoms with Gasteiger partial charge in [-0.2, -0.15) is 0 Å². The molecule has 0 unspecified atom stereocenters. The molecule has 0 fully saturated rings. The first-order valence-corrected chi connectivity index (χ1v) is 8.60. The number of carbonyl (C=O) groups is 1. The molecule has 0 saturated carbocycles. The van der Waals surface area contributed by atoms with Crippen molar-refractivity contribution in [2.24, 2.45) is 0 Å². The summed E-state index contributed by atoms with van der Waals surface area (Å²) in [5.41, 5.74) is 1.11. The van der Waals surface area contributed by atoms with Crippen LogP contribution in [0.3, 0.4) is 0 Å². The van der Waals surface area contributed by atoms with E-state index in [9.17, 15) is 13.4 Å². The summed E-state index contributed by atoms with van der Waals surface area (Å²) < 4.78 is 25.7. The molecule has 1 N–H and O–H groups in total. The van der Waals surface area contributed by atoms with Gasteiger partial charge in [0.15, 0.2) is 0 Å². The van der Waals surface area contributed by atoms with Crippen LogP contribution >= 0.6 is 0 Å². The normalized spacial score (nSPS) is 13.7. The largest absolute Gasteiger partial charge is 0.323 e. The van der Waals surface area contributed by atoms with Crippen LogP contribution in [-0.4, -0.2) is 21.1 Å². The molecule has 120 valence electrons. The smallest absolute Gasteiger partial charge is 0.239 e. The van der Waals surface area contributed by atoms with E-state index >= 15 is 0 Å². The first-order valence-electron chi connectivity index (χ1n) is 7.22. The van der Waals surface area contributed by atoms with Crippen LogP contribution in [0, 0.1) is 5.82 Å². The summed E-state index contributed by atoms with van der Waals surface area (Å²) in [5, 5.41) is 1.74. The van der Waals surface area contributed by atoms with Gasteiger partial charge in [0.2, 0.25) is 5.91 Å². The number of para-hydroxylation sites is 1. The van der Waals surface area contributed by atoms with Crippen molar-refractivity contribution in [2.45, 2.75) is 12.2 Å². The van der Waals surface area contributed by atoms with E-state index in [1.165, 1.54) is 12.1 Å². The number of rotatable bonds is 6. The fraction of sp³-hybridized carbons (Fsp3) is 0.167. The molecule has 0 aliphatic carbocycles. The van der Waals surface area contributed by atoms with Gasteiger partial charge in [0, 0.05) is 16.6 Å². The summed E-state index contributed by atoms with van der Waals surface area (Å²) in [6.45, 7) is 1.57. The maximum absolute atomic E-state index is 13.5. The molecule has 2 aromatic carbocycles. The van der Waals surface area contributed by atoms with Crippen LogP contribution in [0.25, 0.3) is 6.08 Å². The van der Waals surface area contributed by atoms with Crippen molar-refractivity contribution < 1.29 is 13.4 Å². The summed E-state index contributed by atoms with van der Waals surface area (Å²) in [7, 11) is -1.37. The van der Waals surface area contributed by atoms with Crippen LogP contribution in [0.15, 0.2) is 60.7 Å². The van der Waals surface area contributed by atoms with Gasteiger partial charge in [-0.25, -0.2) is 4.39 Å². The minimum absolute atomic E-state index is 0.0983. The summed E-state index contributed by atoms with van der Waals surface area (Å²) in [6, 6.07) is 15.5. The van der Waals surface area contributed by atoms with Crippen LogP contribution in [0.1, 0.15) is 12.5 Å². The maximum Gasteiger partial charge on any atom is 0.239 e. The molecule has 2 aromatic rings. The Labute approximate surface area is 137 Å². The summed E-state index contributed by atoms with van der Waals surface area (Å²) in [4.78, 5) is 12.0. The van der Waals surface area contributed by atoms with Gasteiger partial charge in [0.05, 0.1) is 5.69 Å². The van der Waals surface area contributed by atoms with Crippen LogP contribution in [-0.2, 0) is 15.6 Å². The van der Waals surface area contributed by atoms with Crippen molar-refractivity contribution in [3.63, 3.8) is 0 Å². The molecule has 5 heteroatoms.